The molecule has 2 rings (SSSR count). The van der Waals surface area contributed by atoms with E-state index in [9.17, 15) is 19.6 Å². The van der Waals surface area contributed by atoms with Crippen LogP contribution in [0.25, 0.3) is 0 Å². The molecule has 0 saturated carbocycles. The molecule has 20 heavy (non-hydrogen) atoms. The smallest absolute Gasteiger partial charge is 0.272 e. The molecule has 0 amide bonds. The fraction of sp³-hybridized carbons (Fsp3) is 0.333. The van der Waals surface area contributed by atoms with Crippen LogP contribution in [0, 0.1) is 15.9 Å². The average molecular weight is 280 g/mol. The summed E-state index contributed by atoms with van der Waals surface area (Å²) in [7, 11) is 0. The number of non-ortho nitro benzene ring substituents is 1. The van der Waals surface area contributed by atoms with Gasteiger partial charge in [0.1, 0.15) is 17.1 Å². The molecule has 1 aromatic carbocycles. The predicted molar refractivity (Wildman–Crippen MR) is 67.4 cm³/mol. The minimum atomic E-state index is -1.13. The maximum absolute atomic E-state index is 13.3. The van der Waals surface area contributed by atoms with Gasteiger partial charge in [-0.15, -0.1) is 5.10 Å². The van der Waals surface area contributed by atoms with Crippen LogP contribution >= 0.6 is 0 Å². The van der Waals surface area contributed by atoms with Gasteiger partial charge in [-0.2, -0.15) is 0 Å². The summed E-state index contributed by atoms with van der Waals surface area (Å²) >= 11 is 0. The molecule has 1 heterocycles. The molecule has 0 atom stereocenters. The number of hydrogen-bond acceptors (Lipinski definition) is 5. The highest BCUT2D eigenvalue weighted by molar-refractivity contribution is 5.35. The van der Waals surface area contributed by atoms with Crippen molar-refractivity contribution in [2.75, 3.05) is 0 Å². The molecule has 1 aromatic heterocycles. The van der Waals surface area contributed by atoms with Gasteiger partial charge in [-0.1, -0.05) is 5.21 Å². The number of benzene rings is 1. The highest BCUT2D eigenvalue weighted by Gasteiger charge is 2.20. The Morgan fingerprint density at radius 3 is 2.70 bits per heavy atom. The van der Waals surface area contributed by atoms with Crippen LogP contribution in [0.2, 0.25) is 0 Å². The van der Waals surface area contributed by atoms with Crippen molar-refractivity contribution >= 4 is 5.69 Å². The Morgan fingerprint density at radius 1 is 1.45 bits per heavy atom. The summed E-state index contributed by atoms with van der Waals surface area (Å²) < 4.78 is 14.7. The van der Waals surface area contributed by atoms with Crippen molar-refractivity contribution < 1.29 is 14.4 Å². The van der Waals surface area contributed by atoms with E-state index >= 15 is 0 Å². The molecule has 0 fully saturated rings. The fourth-order valence-electron chi connectivity index (χ4n) is 1.67. The maximum atomic E-state index is 13.3. The quantitative estimate of drug-likeness (QED) is 0.678. The summed E-state index contributed by atoms with van der Waals surface area (Å²) in [5.41, 5.74) is -0.693. The highest BCUT2D eigenvalue weighted by atomic mass is 19.1. The molecule has 7 nitrogen and oxygen atoms in total. The summed E-state index contributed by atoms with van der Waals surface area (Å²) in [6.07, 6.45) is 1.51. The van der Waals surface area contributed by atoms with Crippen LogP contribution in [0.5, 0.6) is 0 Å². The van der Waals surface area contributed by atoms with Gasteiger partial charge in [-0.3, -0.25) is 10.1 Å². The molecule has 8 heteroatoms. The van der Waals surface area contributed by atoms with Gasteiger partial charge < -0.3 is 5.11 Å². The van der Waals surface area contributed by atoms with Crippen LogP contribution in [0.15, 0.2) is 24.4 Å². The van der Waals surface area contributed by atoms with E-state index in [1.807, 2.05) is 0 Å². The fourth-order valence-corrected chi connectivity index (χ4v) is 1.67. The summed E-state index contributed by atoms with van der Waals surface area (Å²) in [5.74, 6) is -0.683. The van der Waals surface area contributed by atoms with Crippen LogP contribution in [0.4, 0.5) is 10.1 Å². The molecular weight excluding hydrogens is 267 g/mol. The molecule has 0 aliphatic rings. The lowest BCUT2D eigenvalue weighted by Crippen LogP contribution is -2.15. The second kappa shape index (κ2) is 4.97. The molecule has 0 spiro atoms. The average Bonchev–Trinajstić information content (AvgIpc) is 2.76. The van der Waals surface area contributed by atoms with Crippen LogP contribution in [0.1, 0.15) is 25.1 Å². The van der Waals surface area contributed by atoms with Gasteiger partial charge in [0.25, 0.3) is 5.69 Å². The van der Waals surface area contributed by atoms with Crippen LogP contribution in [-0.2, 0) is 12.1 Å². The van der Waals surface area contributed by atoms with Crippen molar-refractivity contribution in [3.63, 3.8) is 0 Å². The molecule has 0 radical (unpaired) electrons. The number of rotatable bonds is 4. The third-order valence-electron chi connectivity index (χ3n) is 2.66. The molecule has 0 aliphatic carbocycles. The van der Waals surface area contributed by atoms with E-state index in [1.54, 1.807) is 13.8 Å². The number of halogens is 1. The lowest BCUT2D eigenvalue weighted by molar-refractivity contribution is -0.385. The molecule has 0 unspecified atom stereocenters. The molecular formula is C12H13FN4O3. The van der Waals surface area contributed by atoms with Gasteiger partial charge in [0.05, 0.1) is 23.7 Å². The Labute approximate surface area is 113 Å². The molecule has 2 aromatic rings. The second-order valence-electron chi connectivity index (χ2n) is 4.94. The molecule has 106 valence electrons. The Kier molecular flexibility index (Phi) is 3.49. The second-order valence-corrected chi connectivity index (χ2v) is 4.94. The van der Waals surface area contributed by atoms with Gasteiger partial charge in [0.15, 0.2) is 0 Å². The summed E-state index contributed by atoms with van der Waals surface area (Å²) in [4.78, 5) is 10.0. The number of hydrogen-bond donors (Lipinski definition) is 1. The Morgan fingerprint density at radius 2 is 2.15 bits per heavy atom. The van der Waals surface area contributed by atoms with E-state index < -0.39 is 16.3 Å². The van der Waals surface area contributed by atoms with Crippen molar-refractivity contribution in [2.45, 2.75) is 26.0 Å². The normalized spacial score (nSPS) is 11.6. The predicted octanol–water partition coefficient (Wildman–Crippen LogP) is 1.60. The zero-order valence-corrected chi connectivity index (χ0v) is 10.9. The number of nitrogens with zero attached hydrogens (tertiary/aromatic N) is 4. The van der Waals surface area contributed by atoms with Gasteiger partial charge in [0.2, 0.25) is 0 Å². The van der Waals surface area contributed by atoms with E-state index in [4.69, 9.17) is 0 Å². The monoisotopic (exact) mass is 280 g/mol. The Bertz CT molecular complexity index is 648. The van der Waals surface area contributed by atoms with Crippen molar-refractivity contribution in [3.8, 4) is 0 Å². The largest absolute Gasteiger partial charge is 0.384 e. The van der Waals surface area contributed by atoms with Gasteiger partial charge >= 0.3 is 0 Å². The van der Waals surface area contributed by atoms with E-state index in [-0.39, 0.29) is 12.2 Å². The molecule has 0 saturated heterocycles. The van der Waals surface area contributed by atoms with Crippen molar-refractivity contribution in [2.24, 2.45) is 0 Å². The van der Waals surface area contributed by atoms with Crippen LogP contribution in [0.3, 0.4) is 0 Å². The lowest BCUT2D eigenvalue weighted by Gasteiger charge is -2.11. The zero-order valence-electron chi connectivity index (χ0n) is 10.9. The number of aliphatic hydroxyl groups is 1. The van der Waals surface area contributed by atoms with Crippen molar-refractivity contribution in [1.82, 2.24) is 15.0 Å². The van der Waals surface area contributed by atoms with E-state index in [0.717, 1.165) is 6.07 Å². The summed E-state index contributed by atoms with van der Waals surface area (Å²) in [6, 6.07) is 3.32. The van der Waals surface area contributed by atoms with Crippen molar-refractivity contribution in [3.05, 3.63) is 51.6 Å². The van der Waals surface area contributed by atoms with E-state index in [2.05, 4.69) is 10.3 Å². The van der Waals surface area contributed by atoms with Crippen molar-refractivity contribution in [1.29, 1.82) is 0 Å². The Hall–Kier alpha value is -2.35. The zero-order chi connectivity index (χ0) is 14.9. The summed E-state index contributed by atoms with van der Waals surface area (Å²) in [5, 5.41) is 28.0. The third kappa shape index (κ3) is 3.15. The van der Waals surface area contributed by atoms with Crippen LogP contribution < -0.4 is 0 Å². The third-order valence-corrected chi connectivity index (χ3v) is 2.66. The van der Waals surface area contributed by atoms with Gasteiger partial charge in [-0.25, -0.2) is 9.07 Å². The SMILES string of the molecule is CC(C)(O)c1cn(Cc2cc(F)cc([N+](=O)[O-])c2)nn1. The van der Waals surface area contributed by atoms with Gasteiger partial charge in [0, 0.05) is 6.07 Å². The van der Waals surface area contributed by atoms with Crippen LogP contribution in [-0.4, -0.2) is 25.0 Å². The Balaban J connectivity index is 2.26. The molecule has 1 N–H and O–H groups in total. The number of nitro benzene ring substituents is 1. The minimum absolute atomic E-state index is 0.127. The number of aromatic nitrogens is 3. The lowest BCUT2D eigenvalue weighted by atomic mass is 10.1. The summed E-state index contributed by atoms with van der Waals surface area (Å²) in [6.45, 7) is 3.25. The van der Waals surface area contributed by atoms with E-state index in [1.165, 1.54) is 23.0 Å². The topological polar surface area (TPSA) is 94.1 Å². The first-order chi connectivity index (χ1) is 9.25. The first kappa shape index (κ1) is 14.1. The number of nitro groups is 1. The molecule has 0 aliphatic heterocycles. The molecule has 0 bridgehead atoms. The standard InChI is InChI=1S/C12H13FN4O3/c1-12(2,18)11-7-16(15-14-11)6-8-3-9(13)5-10(4-8)17(19)20/h3-5,7,18H,6H2,1-2H3. The minimum Gasteiger partial charge on any atom is -0.384 e. The van der Waals surface area contributed by atoms with Gasteiger partial charge in [-0.05, 0) is 25.5 Å². The maximum Gasteiger partial charge on any atom is 0.272 e. The first-order valence-corrected chi connectivity index (χ1v) is 5.82. The highest BCUT2D eigenvalue weighted by Crippen LogP contribution is 2.19. The van der Waals surface area contributed by atoms with E-state index in [0.29, 0.717) is 11.3 Å². The first-order valence-electron chi connectivity index (χ1n) is 5.82.